The fourth-order valence-corrected chi connectivity index (χ4v) is 3.12. The van der Waals surface area contributed by atoms with Crippen molar-refractivity contribution in [1.29, 1.82) is 0 Å². The summed E-state index contributed by atoms with van der Waals surface area (Å²) in [5.74, 6) is 0.863. The van der Waals surface area contributed by atoms with Crippen LogP contribution in [0.5, 0.6) is 5.75 Å². The summed E-state index contributed by atoms with van der Waals surface area (Å²) in [6.45, 7) is 13.5. The lowest BCUT2D eigenvalue weighted by Gasteiger charge is -2.30. The monoisotopic (exact) mass is 294 g/mol. The van der Waals surface area contributed by atoms with Crippen molar-refractivity contribution in [2.24, 2.45) is 0 Å². The summed E-state index contributed by atoms with van der Waals surface area (Å²) in [4.78, 5) is 3.18. The fourth-order valence-electron chi connectivity index (χ4n) is 3.12. The van der Waals surface area contributed by atoms with Crippen LogP contribution in [0.2, 0.25) is 0 Å². The van der Waals surface area contributed by atoms with Crippen LogP contribution in [0.15, 0.2) is 18.2 Å². The number of ether oxygens (including phenoxy) is 1. The van der Waals surface area contributed by atoms with E-state index in [2.05, 4.69) is 26.8 Å². The first-order chi connectivity index (χ1) is 10.1. The number of aliphatic hydroxyl groups excluding tert-OH is 1. The molecule has 3 N–H and O–H groups in total. The van der Waals surface area contributed by atoms with E-state index in [1.165, 1.54) is 35.7 Å². The van der Waals surface area contributed by atoms with Gasteiger partial charge in [0.2, 0.25) is 0 Å². The number of nitrogens with one attached hydrogen (secondary N) is 2. The third-order valence-electron chi connectivity index (χ3n) is 4.33. The van der Waals surface area contributed by atoms with E-state index in [0.29, 0.717) is 6.61 Å². The number of likely N-dealkylation sites (N-methyl/N-ethyl adjacent to an activating group) is 1. The summed E-state index contributed by atoms with van der Waals surface area (Å²) in [5, 5.41) is 10.2. The molecule has 1 aromatic rings. The van der Waals surface area contributed by atoms with Gasteiger partial charge in [-0.1, -0.05) is 6.07 Å². The minimum absolute atomic E-state index is 0.385. The molecule has 1 aliphatic rings. The van der Waals surface area contributed by atoms with Crippen molar-refractivity contribution >= 4 is 0 Å². The fraction of sp³-hybridized carbons (Fsp3) is 0.647. The maximum Gasteiger partial charge on any atom is 0.137 e. The van der Waals surface area contributed by atoms with Crippen LogP contribution in [0.4, 0.5) is 0 Å². The summed E-state index contributed by atoms with van der Waals surface area (Å²) in [6, 6.07) is 6.18. The number of aryl methyl sites for hydroxylation is 2. The summed E-state index contributed by atoms with van der Waals surface area (Å²) in [7, 11) is 0. The molecule has 21 heavy (non-hydrogen) atoms. The normalized spacial score (nSPS) is 23.8. The zero-order chi connectivity index (χ0) is 15.2. The molecule has 1 aromatic carbocycles. The van der Waals surface area contributed by atoms with Crippen LogP contribution in [-0.2, 0) is 0 Å². The summed E-state index contributed by atoms with van der Waals surface area (Å²) >= 11 is 0. The highest BCUT2D eigenvalue weighted by molar-refractivity contribution is 5.32. The Hall–Kier alpha value is -1.10. The van der Waals surface area contributed by atoms with E-state index in [1.807, 2.05) is 12.1 Å². The van der Waals surface area contributed by atoms with Crippen molar-refractivity contribution in [2.75, 3.05) is 45.9 Å². The van der Waals surface area contributed by atoms with Gasteiger partial charge < -0.3 is 19.6 Å². The molecule has 0 aromatic heterocycles. The molecule has 118 valence electrons. The van der Waals surface area contributed by atoms with Gasteiger partial charge in [-0.05, 0) is 44.0 Å². The second-order valence-corrected chi connectivity index (χ2v) is 6.35. The molecule has 2 rings (SSSR count). The van der Waals surface area contributed by atoms with Crippen LogP contribution in [0.3, 0.4) is 0 Å². The van der Waals surface area contributed by atoms with Gasteiger partial charge in [0.1, 0.15) is 51.2 Å². The van der Waals surface area contributed by atoms with Gasteiger partial charge in [-0.2, -0.15) is 0 Å². The third kappa shape index (κ3) is 5.30. The Morgan fingerprint density at radius 3 is 2.19 bits per heavy atom. The van der Waals surface area contributed by atoms with Gasteiger partial charge in [0.05, 0.1) is 6.54 Å². The molecule has 1 aliphatic heterocycles. The highest BCUT2D eigenvalue weighted by Gasteiger charge is 2.23. The Kier molecular flexibility index (Phi) is 6.03. The van der Waals surface area contributed by atoms with Gasteiger partial charge in [0.25, 0.3) is 0 Å². The molecule has 1 fully saturated rings. The van der Waals surface area contributed by atoms with Crippen molar-refractivity contribution in [3.8, 4) is 5.75 Å². The third-order valence-corrected chi connectivity index (χ3v) is 4.33. The molecular formula is C17H30N2O2+2. The largest absolute Gasteiger partial charge is 0.491 e. The van der Waals surface area contributed by atoms with E-state index >= 15 is 0 Å². The van der Waals surface area contributed by atoms with Crippen LogP contribution in [-0.4, -0.2) is 57.1 Å². The van der Waals surface area contributed by atoms with E-state index in [1.54, 1.807) is 4.90 Å². The smallest absolute Gasteiger partial charge is 0.137 e. The molecule has 0 radical (unpaired) electrons. The molecule has 0 amide bonds. The molecule has 1 saturated heterocycles. The number of quaternary nitrogens is 2. The van der Waals surface area contributed by atoms with Gasteiger partial charge in [-0.25, -0.2) is 0 Å². The van der Waals surface area contributed by atoms with Gasteiger partial charge in [-0.15, -0.1) is 0 Å². The van der Waals surface area contributed by atoms with Crippen molar-refractivity contribution in [3.05, 3.63) is 29.3 Å². The maximum absolute atomic E-state index is 10.2. The molecule has 0 unspecified atom stereocenters. The van der Waals surface area contributed by atoms with Crippen LogP contribution in [0.1, 0.15) is 18.1 Å². The van der Waals surface area contributed by atoms with Crippen molar-refractivity contribution in [3.63, 3.8) is 0 Å². The second kappa shape index (κ2) is 7.78. The van der Waals surface area contributed by atoms with Gasteiger partial charge in [0.15, 0.2) is 0 Å². The molecule has 0 aliphatic carbocycles. The molecule has 0 bridgehead atoms. The number of piperazine rings is 1. The Balaban J connectivity index is 1.73. The van der Waals surface area contributed by atoms with Crippen LogP contribution in [0.25, 0.3) is 0 Å². The van der Waals surface area contributed by atoms with E-state index in [-0.39, 0.29) is 6.10 Å². The van der Waals surface area contributed by atoms with E-state index in [9.17, 15) is 5.11 Å². The number of benzene rings is 1. The number of rotatable bonds is 6. The van der Waals surface area contributed by atoms with Crippen LogP contribution < -0.4 is 14.5 Å². The Morgan fingerprint density at radius 2 is 1.62 bits per heavy atom. The van der Waals surface area contributed by atoms with Crippen LogP contribution in [0, 0.1) is 13.8 Å². The van der Waals surface area contributed by atoms with E-state index in [4.69, 9.17) is 4.74 Å². The number of hydrogen-bond donors (Lipinski definition) is 3. The molecule has 0 spiro atoms. The van der Waals surface area contributed by atoms with Gasteiger partial charge >= 0.3 is 0 Å². The van der Waals surface area contributed by atoms with E-state index < -0.39 is 0 Å². The SMILES string of the molecule is CC[NH+]1CC[NH+](C[C@H](O)COc2cc(C)cc(C)c2)CC1. The first kappa shape index (κ1) is 16.3. The highest BCUT2D eigenvalue weighted by atomic mass is 16.5. The van der Waals surface area contributed by atoms with Crippen molar-refractivity contribution in [2.45, 2.75) is 26.9 Å². The van der Waals surface area contributed by atoms with Crippen molar-refractivity contribution in [1.82, 2.24) is 0 Å². The highest BCUT2D eigenvalue weighted by Crippen LogP contribution is 2.16. The second-order valence-electron chi connectivity index (χ2n) is 6.35. The molecular weight excluding hydrogens is 264 g/mol. The Labute approximate surface area is 128 Å². The van der Waals surface area contributed by atoms with Gasteiger partial charge in [-0.3, -0.25) is 0 Å². The van der Waals surface area contributed by atoms with E-state index in [0.717, 1.165) is 25.4 Å². The maximum atomic E-state index is 10.2. The molecule has 0 saturated carbocycles. The predicted molar refractivity (Wildman–Crippen MR) is 84.2 cm³/mol. The standard InChI is InChI=1S/C17H28N2O2/c1-4-18-5-7-19(8-6-18)12-16(20)13-21-17-10-14(2)9-15(3)11-17/h9-11,16,20H,4-8,12-13H2,1-3H3/p+2/t16-/m0/s1. The van der Waals surface area contributed by atoms with Crippen LogP contribution >= 0.6 is 0 Å². The first-order valence-corrected chi connectivity index (χ1v) is 8.13. The zero-order valence-electron chi connectivity index (χ0n) is 13.6. The summed E-state index contributed by atoms with van der Waals surface area (Å²) in [6.07, 6.45) is -0.385. The molecule has 1 heterocycles. The topological polar surface area (TPSA) is 38.3 Å². The molecule has 4 nitrogen and oxygen atoms in total. The molecule has 1 atom stereocenters. The average molecular weight is 294 g/mol. The Morgan fingerprint density at radius 1 is 1.05 bits per heavy atom. The van der Waals surface area contributed by atoms with Crippen molar-refractivity contribution < 1.29 is 19.6 Å². The van der Waals surface area contributed by atoms with Gasteiger partial charge in [0, 0.05) is 0 Å². The quantitative estimate of drug-likeness (QED) is 0.620. The lowest BCUT2D eigenvalue weighted by atomic mass is 10.1. The Bertz CT molecular complexity index is 422. The zero-order valence-corrected chi connectivity index (χ0v) is 13.6. The minimum atomic E-state index is -0.385. The first-order valence-electron chi connectivity index (χ1n) is 8.13. The average Bonchev–Trinajstić information content (AvgIpc) is 2.45. The number of aliphatic hydroxyl groups is 1. The lowest BCUT2D eigenvalue weighted by molar-refractivity contribution is -1.01. The molecule has 4 heteroatoms. The summed E-state index contributed by atoms with van der Waals surface area (Å²) in [5.41, 5.74) is 2.40. The number of hydrogen-bond acceptors (Lipinski definition) is 2. The minimum Gasteiger partial charge on any atom is -0.491 e. The lowest BCUT2D eigenvalue weighted by Crippen LogP contribution is -3.28. The summed E-state index contributed by atoms with van der Waals surface area (Å²) < 4.78 is 5.74. The predicted octanol–water partition coefficient (Wildman–Crippen LogP) is -1.15.